The molecular formula is C7H7N3O3. The van der Waals surface area contributed by atoms with E-state index in [0.717, 1.165) is 0 Å². The highest BCUT2D eigenvalue weighted by atomic mass is 16.2. The number of aliphatic imine (C=N–C) groups is 1. The highest BCUT2D eigenvalue weighted by molar-refractivity contribution is 6.06. The van der Waals surface area contributed by atoms with E-state index in [1.807, 2.05) is 0 Å². The quantitative estimate of drug-likeness (QED) is 0.515. The molecule has 4 amide bonds. The number of rotatable bonds is 0. The van der Waals surface area contributed by atoms with Crippen LogP contribution in [0.1, 0.15) is 6.42 Å². The summed E-state index contributed by atoms with van der Waals surface area (Å²) < 4.78 is 0. The Labute approximate surface area is 73.6 Å². The normalized spacial score (nSPS) is 27.2. The molecular weight excluding hydrogens is 174 g/mol. The molecule has 2 heterocycles. The van der Waals surface area contributed by atoms with Crippen LogP contribution in [0.3, 0.4) is 0 Å². The number of imide groups is 1. The number of nitrogens with one attached hydrogen (secondary N) is 1. The standard InChI is InChI=1S/C7H7N3O3/c11-5-3-4-6(12)8-1-2-10(4)7(13)9-5/h1,4H,2-3H2,(H,9,11,13). The van der Waals surface area contributed by atoms with E-state index in [-0.39, 0.29) is 13.0 Å². The van der Waals surface area contributed by atoms with Gasteiger partial charge in [-0.3, -0.25) is 14.9 Å². The molecule has 1 saturated heterocycles. The van der Waals surface area contributed by atoms with Crippen molar-refractivity contribution in [2.24, 2.45) is 4.99 Å². The largest absolute Gasteiger partial charge is 0.325 e. The van der Waals surface area contributed by atoms with Crippen LogP contribution in [-0.4, -0.2) is 41.5 Å². The van der Waals surface area contributed by atoms with E-state index in [9.17, 15) is 14.4 Å². The predicted octanol–water partition coefficient (Wildman–Crippen LogP) is -1.09. The molecule has 6 nitrogen and oxygen atoms in total. The first-order chi connectivity index (χ1) is 6.18. The summed E-state index contributed by atoms with van der Waals surface area (Å²) in [6.07, 6.45) is 1.39. The summed E-state index contributed by atoms with van der Waals surface area (Å²) in [5.41, 5.74) is 0. The van der Waals surface area contributed by atoms with Crippen molar-refractivity contribution in [2.45, 2.75) is 12.5 Å². The lowest BCUT2D eigenvalue weighted by atomic mass is 10.1. The van der Waals surface area contributed by atoms with E-state index in [1.54, 1.807) is 0 Å². The fourth-order valence-corrected chi connectivity index (χ4v) is 1.41. The number of carbonyl (C=O) groups excluding carboxylic acids is 3. The molecule has 6 heteroatoms. The first-order valence-electron chi connectivity index (χ1n) is 3.85. The Morgan fingerprint density at radius 3 is 3.00 bits per heavy atom. The SMILES string of the molecule is O=C1CC2C(=O)N=CCN2C(=O)N1. The van der Waals surface area contributed by atoms with Crippen LogP contribution in [0.25, 0.3) is 0 Å². The van der Waals surface area contributed by atoms with Gasteiger partial charge in [0.15, 0.2) is 0 Å². The van der Waals surface area contributed by atoms with E-state index < -0.39 is 23.9 Å². The van der Waals surface area contributed by atoms with Gasteiger partial charge in [0.1, 0.15) is 6.04 Å². The Morgan fingerprint density at radius 2 is 2.23 bits per heavy atom. The van der Waals surface area contributed by atoms with Gasteiger partial charge in [0.05, 0.1) is 13.0 Å². The number of urea groups is 1. The first-order valence-corrected chi connectivity index (χ1v) is 3.85. The second kappa shape index (κ2) is 2.65. The fourth-order valence-electron chi connectivity index (χ4n) is 1.41. The molecule has 0 aromatic heterocycles. The van der Waals surface area contributed by atoms with Crippen molar-refractivity contribution in [2.75, 3.05) is 6.54 Å². The third kappa shape index (κ3) is 1.20. The zero-order chi connectivity index (χ0) is 9.42. The van der Waals surface area contributed by atoms with Crippen molar-refractivity contribution < 1.29 is 14.4 Å². The maximum atomic E-state index is 11.2. The van der Waals surface area contributed by atoms with Crippen LogP contribution in [0, 0.1) is 0 Å². The van der Waals surface area contributed by atoms with Gasteiger partial charge < -0.3 is 4.90 Å². The smallest absolute Gasteiger partial charge is 0.307 e. The summed E-state index contributed by atoms with van der Waals surface area (Å²) in [7, 11) is 0. The second-order valence-corrected chi connectivity index (χ2v) is 2.88. The third-order valence-electron chi connectivity index (χ3n) is 2.04. The molecule has 1 fully saturated rings. The first kappa shape index (κ1) is 7.90. The molecule has 2 aliphatic rings. The average molecular weight is 181 g/mol. The van der Waals surface area contributed by atoms with Gasteiger partial charge in [-0.05, 0) is 0 Å². The average Bonchev–Trinajstić information content (AvgIpc) is 2.07. The molecule has 0 aliphatic carbocycles. The van der Waals surface area contributed by atoms with Crippen LogP contribution in [0.2, 0.25) is 0 Å². The lowest BCUT2D eigenvalue weighted by molar-refractivity contribution is -0.130. The highest BCUT2D eigenvalue weighted by Crippen LogP contribution is 2.13. The number of carbonyl (C=O) groups is 3. The lowest BCUT2D eigenvalue weighted by Gasteiger charge is -2.33. The van der Waals surface area contributed by atoms with E-state index in [1.165, 1.54) is 11.1 Å². The molecule has 2 aliphatic heterocycles. The number of amides is 4. The predicted molar refractivity (Wildman–Crippen MR) is 42.1 cm³/mol. The molecule has 68 valence electrons. The molecule has 0 aromatic carbocycles. The van der Waals surface area contributed by atoms with Crippen LogP contribution in [0.5, 0.6) is 0 Å². The number of hydrogen-bond acceptors (Lipinski definition) is 3. The van der Waals surface area contributed by atoms with Gasteiger partial charge in [-0.25, -0.2) is 9.79 Å². The monoisotopic (exact) mass is 181 g/mol. The Balaban J connectivity index is 2.29. The topological polar surface area (TPSA) is 78.8 Å². The zero-order valence-electron chi connectivity index (χ0n) is 6.69. The van der Waals surface area contributed by atoms with Crippen LogP contribution in [0.4, 0.5) is 4.79 Å². The molecule has 0 saturated carbocycles. The van der Waals surface area contributed by atoms with Gasteiger partial charge in [0, 0.05) is 6.21 Å². The minimum absolute atomic E-state index is 0.0158. The minimum atomic E-state index is -0.689. The zero-order valence-corrected chi connectivity index (χ0v) is 6.69. The maximum absolute atomic E-state index is 11.2. The summed E-state index contributed by atoms with van der Waals surface area (Å²) >= 11 is 0. The van der Waals surface area contributed by atoms with Crippen molar-refractivity contribution in [3.8, 4) is 0 Å². The van der Waals surface area contributed by atoms with Crippen LogP contribution < -0.4 is 5.32 Å². The Kier molecular flexibility index (Phi) is 1.61. The van der Waals surface area contributed by atoms with Gasteiger partial charge in [-0.15, -0.1) is 0 Å². The molecule has 13 heavy (non-hydrogen) atoms. The Hall–Kier alpha value is -1.72. The van der Waals surface area contributed by atoms with Gasteiger partial charge in [-0.1, -0.05) is 0 Å². The molecule has 0 bridgehead atoms. The molecule has 0 spiro atoms. The summed E-state index contributed by atoms with van der Waals surface area (Å²) in [5.74, 6) is -0.842. The fraction of sp³-hybridized carbons (Fsp3) is 0.429. The van der Waals surface area contributed by atoms with E-state index in [4.69, 9.17) is 0 Å². The molecule has 0 radical (unpaired) electrons. The van der Waals surface area contributed by atoms with Crippen molar-refractivity contribution in [3.05, 3.63) is 0 Å². The van der Waals surface area contributed by atoms with Crippen molar-refractivity contribution in [1.29, 1.82) is 0 Å². The lowest BCUT2D eigenvalue weighted by Crippen LogP contribution is -2.59. The Morgan fingerprint density at radius 1 is 1.46 bits per heavy atom. The summed E-state index contributed by atoms with van der Waals surface area (Å²) in [5, 5.41) is 2.13. The molecule has 0 aromatic rings. The summed E-state index contributed by atoms with van der Waals surface area (Å²) in [4.78, 5) is 38.1. The van der Waals surface area contributed by atoms with E-state index >= 15 is 0 Å². The summed E-state index contributed by atoms with van der Waals surface area (Å²) in [6, 6.07) is -1.20. The third-order valence-corrected chi connectivity index (χ3v) is 2.04. The maximum Gasteiger partial charge on any atom is 0.325 e. The molecule has 1 atom stereocenters. The number of hydrogen-bond donors (Lipinski definition) is 1. The van der Waals surface area contributed by atoms with Gasteiger partial charge in [-0.2, -0.15) is 0 Å². The summed E-state index contributed by atoms with van der Waals surface area (Å²) in [6.45, 7) is 0.287. The number of nitrogens with zero attached hydrogens (tertiary/aromatic N) is 2. The molecule has 1 unspecified atom stereocenters. The molecule has 2 rings (SSSR count). The van der Waals surface area contributed by atoms with Crippen molar-refractivity contribution in [1.82, 2.24) is 10.2 Å². The second-order valence-electron chi connectivity index (χ2n) is 2.88. The molecule has 1 N–H and O–H groups in total. The van der Waals surface area contributed by atoms with Gasteiger partial charge >= 0.3 is 6.03 Å². The van der Waals surface area contributed by atoms with Gasteiger partial charge in [0.2, 0.25) is 5.91 Å². The Bertz CT molecular complexity index is 323. The van der Waals surface area contributed by atoms with Crippen molar-refractivity contribution in [3.63, 3.8) is 0 Å². The number of fused-ring (bicyclic) bond motifs is 1. The van der Waals surface area contributed by atoms with Crippen LogP contribution >= 0.6 is 0 Å². The van der Waals surface area contributed by atoms with Crippen LogP contribution in [0.15, 0.2) is 4.99 Å². The van der Waals surface area contributed by atoms with Crippen molar-refractivity contribution >= 4 is 24.1 Å². The van der Waals surface area contributed by atoms with Gasteiger partial charge in [0.25, 0.3) is 5.91 Å². The minimum Gasteiger partial charge on any atom is -0.307 e. The van der Waals surface area contributed by atoms with E-state index in [2.05, 4.69) is 10.3 Å². The highest BCUT2D eigenvalue weighted by Gasteiger charge is 2.38. The van der Waals surface area contributed by atoms with Crippen LogP contribution in [-0.2, 0) is 9.59 Å². The van der Waals surface area contributed by atoms with E-state index in [0.29, 0.717) is 0 Å².